The molecule has 6 nitrogen and oxygen atoms in total. The second kappa shape index (κ2) is 7.04. The lowest BCUT2D eigenvalue weighted by molar-refractivity contribution is -0.0170. The van der Waals surface area contributed by atoms with Gasteiger partial charge in [-0.15, -0.1) is 0 Å². The first kappa shape index (κ1) is 18.5. The van der Waals surface area contributed by atoms with Gasteiger partial charge in [0.1, 0.15) is 17.9 Å². The van der Waals surface area contributed by atoms with E-state index in [1.54, 1.807) is 12.1 Å². The number of fused-ring (bicyclic) bond motifs is 1. The first-order valence-corrected chi connectivity index (χ1v) is 10.3. The zero-order valence-corrected chi connectivity index (χ0v) is 16.2. The Morgan fingerprint density at radius 2 is 1.97 bits per heavy atom. The Morgan fingerprint density at radius 1 is 1.28 bits per heavy atom. The fourth-order valence-corrected chi connectivity index (χ4v) is 6.08. The highest BCUT2D eigenvalue weighted by Gasteiger charge is 2.54. The van der Waals surface area contributed by atoms with Gasteiger partial charge in [0.25, 0.3) is 0 Å². The van der Waals surface area contributed by atoms with Gasteiger partial charge < -0.3 is 19.6 Å². The van der Waals surface area contributed by atoms with Crippen LogP contribution in [0.1, 0.15) is 44.4 Å². The van der Waals surface area contributed by atoms with Gasteiger partial charge in [-0.05, 0) is 68.4 Å². The van der Waals surface area contributed by atoms with Crippen LogP contribution in [0.2, 0.25) is 0 Å². The lowest BCUT2D eigenvalue weighted by Crippen LogP contribution is -2.48. The largest absolute Gasteiger partial charge is 0.489 e. The van der Waals surface area contributed by atoms with Crippen molar-refractivity contribution in [1.82, 2.24) is 10.3 Å². The van der Waals surface area contributed by atoms with Crippen molar-refractivity contribution in [3.05, 3.63) is 36.0 Å². The Labute approximate surface area is 168 Å². The molecule has 2 N–H and O–H groups in total. The molecule has 7 heteroatoms. The van der Waals surface area contributed by atoms with Crippen molar-refractivity contribution in [2.24, 2.45) is 17.8 Å². The van der Waals surface area contributed by atoms with E-state index in [-0.39, 0.29) is 24.1 Å². The summed E-state index contributed by atoms with van der Waals surface area (Å²) in [5, 5.41) is 10.8. The van der Waals surface area contributed by atoms with E-state index < -0.39 is 6.09 Å². The van der Waals surface area contributed by atoms with Gasteiger partial charge in [0.05, 0.1) is 6.33 Å². The Morgan fingerprint density at radius 3 is 2.59 bits per heavy atom. The van der Waals surface area contributed by atoms with Gasteiger partial charge in [0.2, 0.25) is 5.89 Å². The zero-order valence-electron chi connectivity index (χ0n) is 16.2. The number of halogens is 1. The summed E-state index contributed by atoms with van der Waals surface area (Å²) in [4.78, 5) is 15.4. The summed E-state index contributed by atoms with van der Waals surface area (Å²) in [6.07, 6.45) is 6.86. The third-order valence-electron chi connectivity index (χ3n) is 6.90. The molecule has 0 saturated heterocycles. The molecule has 4 bridgehead atoms. The van der Waals surface area contributed by atoms with Crippen molar-refractivity contribution in [2.45, 2.75) is 43.9 Å². The highest BCUT2D eigenvalue weighted by molar-refractivity contribution is 5.74. The van der Waals surface area contributed by atoms with Crippen LogP contribution in [0.15, 0.2) is 34.5 Å². The van der Waals surface area contributed by atoms with Gasteiger partial charge in [-0.25, -0.2) is 14.2 Å². The molecule has 154 valence electrons. The van der Waals surface area contributed by atoms with Crippen molar-refractivity contribution in [3.8, 4) is 5.75 Å². The quantitative estimate of drug-likeness (QED) is 0.728. The van der Waals surface area contributed by atoms with Gasteiger partial charge in [-0.2, -0.15) is 0 Å². The lowest BCUT2D eigenvalue weighted by atomic mass is 9.49. The minimum absolute atomic E-state index is 0.0434. The molecular formula is C22H25FN2O4. The molecule has 4 fully saturated rings. The van der Waals surface area contributed by atoms with Crippen molar-refractivity contribution in [3.63, 3.8) is 0 Å². The molecule has 1 aromatic heterocycles. The molecule has 0 spiro atoms. The summed E-state index contributed by atoms with van der Waals surface area (Å²) in [7, 11) is 0. The minimum Gasteiger partial charge on any atom is -0.489 e. The fourth-order valence-electron chi connectivity index (χ4n) is 6.08. The Kier molecular flexibility index (Phi) is 4.48. The number of carboxylic acid groups (broad SMARTS) is 1. The van der Waals surface area contributed by atoms with Crippen molar-refractivity contribution >= 4 is 17.2 Å². The van der Waals surface area contributed by atoms with Crippen LogP contribution >= 0.6 is 0 Å². The number of rotatable bonds is 6. The van der Waals surface area contributed by atoms with Crippen LogP contribution in [0.5, 0.6) is 5.75 Å². The van der Waals surface area contributed by atoms with Gasteiger partial charge in [-0.1, -0.05) is 0 Å². The predicted octanol–water partition coefficient (Wildman–Crippen LogP) is 4.80. The SMILES string of the molecule is O=C(O)NC/C(=C\F)COc1ccc2nc(C34CC5CC(CC(C5)C3)C4)oc2c1. The zero-order chi connectivity index (χ0) is 20.0. The van der Waals surface area contributed by atoms with Crippen LogP contribution in [0.3, 0.4) is 0 Å². The molecule has 6 rings (SSSR count). The summed E-state index contributed by atoms with van der Waals surface area (Å²) in [5.74, 6) is 3.88. The van der Waals surface area contributed by atoms with Crippen molar-refractivity contribution in [2.75, 3.05) is 13.2 Å². The fraction of sp³-hybridized carbons (Fsp3) is 0.545. The number of oxazole rings is 1. The van der Waals surface area contributed by atoms with Gasteiger partial charge >= 0.3 is 6.09 Å². The number of aromatic nitrogens is 1. The Balaban J connectivity index is 1.32. The molecule has 4 aliphatic carbocycles. The van der Waals surface area contributed by atoms with Gasteiger partial charge in [-0.3, -0.25) is 0 Å². The monoisotopic (exact) mass is 400 g/mol. The first-order chi connectivity index (χ1) is 14.0. The topological polar surface area (TPSA) is 84.6 Å². The van der Waals surface area contributed by atoms with E-state index in [9.17, 15) is 9.18 Å². The van der Waals surface area contributed by atoms with E-state index in [2.05, 4.69) is 5.32 Å². The molecular weight excluding hydrogens is 375 g/mol. The molecule has 4 saturated carbocycles. The maximum atomic E-state index is 12.9. The second-order valence-electron chi connectivity index (χ2n) is 9.06. The number of ether oxygens (including phenoxy) is 1. The maximum Gasteiger partial charge on any atom is 0.404 e. The molecule has 1 aromatic carbocycles. The first-order valence-electron chi connectivity index (χ1n) is 10.3. The van der Waals surface area contributed by atoms with Gasteiger partial charge in [0.15, 0.2) is 5.58 Å². The van der Waals surface area contributed by atoms with E-state index >= 15 is 0 Å². The van der Waals surface area contributed by atoms with Crippen LogP contribution in [0.25, 0.3) is 11.1 Å². The third kappa shape index (κ3) is 3.47. The third-order valence-corrected chi connectivity index (χ3v) is 6.90. The number of nitrogens with zero attached hydrogens (tertiary/aromatic N) is 1. The highest BCUT2D eigenvalue weighted by atomic mass is 19.1. The summed E-state index contributed by atoms with van der Waals surface area (Å²) in [6.45, 7) is -0.162. The molecule has 2 aromatic rings. The van der Waals surface area contributed by atoms with Crippen LogP contribution < -0.4 is 10.1 Å². The predicted molar refractivity (Wildman–Crippen MR) is 105 cm³/mol. The number of hydrogen-bond donors (Lipinski definition) is 2. The van der Waals surface area contributed by atoms with E-state index in [4.69, 9.17) is 19.2 Å². The van der Waals surface area contributed by atoms with E-state index in [1.165, 1.54) is 38.5 Å². The molecule has 0 aliphatic heterocycles. The normalized spacial score (nSPS) is 30.7. The Bertz CT molecular complexity index is 932. The second-order valence-corrected chi connectivity index (χ2v) is 9.06. The maximum absolute atomic E-state index is 12.9. The number of carbonyl (C=O) groups is 1. The number of hydrogen-bond acceptors (Lipinski definition) is 4. The molecule has 1 heterocycles. The summed E-state index contributed by atoms with van der Waals surface area (Å²) < 4.78 is 24.8. The number of amides is 1. The summed E-state index contributed by atoms with van der Waals surface area (Å²) >= 11 is 0. The smallest absolute Gasteiger partial charge is 0.404 e. The van der Waals surface area contributed by atoms with E-state index in [0.717, 1.165) is 29.2 Å². The van der Waals surface area contributed by atoms with Gasteiger partial charge in [0, 0.05) is 23.6 Å². The molecule has 1 amide bonds. The average molecular weight is 400 g/mol. The van der Waals surface area contributed by atoms with Crippen LogP contribution in [0, 0.1) is 17.8 Å². The summed E-state index contributed by atoms with van der Waals surface area (Å²) in [6, 6.07) is 5.44. The van der Waals surface area contributed by atoms with Crippen LogP contribution in [-0.4, -0.2) is 29.3 Å². The minimum atomic E-state index is -1.20. The van der Waals surface area contributed by atoms with E-state index in [1.807, 2.05) is 6.07 Å². The lowest BCUT2D eigenvalue weighted by Gasteiger charge is -2.55. The molecule has 0 radical (unpaired) electrons. The van der Waals surface area contributed by atoms with Crippen molar-refractivity contribution in [1.29, 1.82) is 0 Å². The van der Waals surface area contributed by atoms with E-state index in [0.29, 0.717) is 17.7 Å². The average Bonchev–Trinajstić information content (AvgIpc) is 3.11. The number of benzene rings is 1. The molecule has 4 aliphatic rings. The molecule has 0 unspecified atom stereocenters. The Hall–Kier alpha value is -2.57. The van der Waals surface area contributed by atoms with Crippen LogP contribution in [-0.2, 0) is 5.41 Å². The molecule has 29 heavy (non-hydrogen) atoms. The van der Waals surface area contributed by atoms with Crippen molar-refractivity contribution < 1.29 is 23.4 Å². The van der Waals surface area contributed by atoms with Crippen LogP contribution in [0.4, 0.5) is 9.18 Å². The molecule has 0 atom stereocenters. The summed E-state index contributed by atoms with van der Waals surface area (Å²) in [5.41, 5.74) is 1.81. The standard InChI is InChI=1S/C22H25FN2O4/c23-10-16(11-24-21(26)27)12-28-17-1-2-18-19(6-17)29-20(25-18)22-7-13-3-14(8-22)5-15(4-13)9-22/h1-2,6,10,13-15,24H,3-5,7-9,11-12H2,(H,26,27)/b16-10+. The highest BCUT2D eigenvalue weighted by Crippen LogP contribution is 2.60. The number of nitrogens with one attached hydrogen (secondary N) is 1.